The molecule has 0 bridgehead atoms. The van der Waals surface area contributed by atoms with Crippen molar-refractivity contribution < 1.29 is 14.3 Å². The van der Waals surface area contributed by atoms with Crippen molar-refractivity contribution in [3.8, 4) is 11.0 Å². The number of allylic oxidation sites excluding steroid dienone is 1. The number of ether oxygens (including phenoxy) is 2. The van der Waals surface area contributed by atoms with Crippen molar-refractivity contribution in [2.45, 2.75) is 12.8 Å². The van der Waals surface area contributed by atoms with E-state index in [4.69, 9.17) is 9.47 Å². The van der Waals surface area contributed by atoms with Gasteiger partial charge in [0, 0.05) is 5.39 Å². The molecule has 116 valence electrons. The van der Waals surface area contributed by atoms with Crippen LogP contribution in [0.2, 0.25) is 0 Å². The summed E-state index contributed by atoms with van der Waals surface area (Å²) in [5.74, 6) is 1.08. The van der Waals surface area contributed by atoms with Gasteiger partial charge in [-0.1, -0.05) is 29.5 Å². The Morgan fingerprint density at radius 3 is 3.09 bits per heavy atom. The second-order valence-electron chi connectivity index (χ2n) is 5.02. The van der Waals surface area contributed by atoms with Gasteiger partial charge in [-0.2, -0.15) is 10.1 Å². The molecule has 3 aromatic rings. The van der Waals surface area contributed by atoms with Crippen molar-refractivity contribution in [1.29, 1.82) is 0 Å². The molecule has 0 saturated carbocycles. The number of rotatable bonds is 4. The van der Waals surface area contributed by atoms with Crippen molar-refractivity contribution in [2.24, 2.45) is 0 Å². The van der Waals surface area contributed by atoms with Crippen LogP contribution >= 0.6 is 11.3 Å². The highest BCUT2D eigenvalue weighted by Gasteiger charge is 2.19. The molecule has 2 aromatic heterocycles. The third-order valence-corrected chi connectivity index (χ3v) is 4.37. The zero-order valence-electron chi connectivity index (χ0n) is 12.1. The van der Waals surface area contributed by atoms with Gasteiger partial charge in [-0.05, 0) is 25.0 Å². The molecular weight excluding hydrogens is 314 g/mol. The second-order valence-corrected chi connectivity index (χ2v) is 5.86. The highest BCUT2D eigenvalue weighted by Crippen LogP contribution is 2.31. The summed E-state index contributed by atoms with van der Waals surface area (Å²) >= 11 is 1.36. The molecule has 0 saturated heterocycles. The molecule has 0 spiro atoms. The Balaban J connectivity index is 1.86. The fourth-order valence-electron chi connectivity index (χ4n) is 2.57. The number of thiazole rings is 1. The largest absolute Gasteiger partial charge is 0.492 e. The van der Waals surface area contributed by atoms with E-state index in [2.05, 4.69) is 16.2 Å². The Kier molecular flexibility index (Phi) is 3.55. The van der Waals surface area contributed by atoms with Crippen molar-refractivity contribution >= 4 is 34.5 Å². The SMILES string of the molecule is O=COc1csc(-n2nc(C3=CCCCO3)c3ccccc32)n1. The van der Waals surface area contributed by atoms with E-state index in [1.54, 1.807) is 10.1 Å². The molecule has 1 aliphatic rings. The quantitative estimate of drug-likeness (QED) is 0.689. The molecule has 1 aliphatic heterocycles. The topological polar surface area (TPSA) is 66.2 Å². The van der Waals surface area contributed by atoms with E-state index in [1.807, 2.05) is 24.3 Å². The lowest BCUT2D eigenvalue weighted by molar-refractivity contribution is -0.120. The average Bonchev–Trinajstić information content (AvgIpc) is 3.20. The monoisotopic (exact) mass is 327 g/mol. The predicted molar refractivity (Wildman–Crippen MR) is 86.6 cm³/mol. The smallest absolute Gasteiger partial charge is 0.299 e. The first-order valence-corrected chi connectivity index (χ1v) is 8.12. The Morgan fingerprint density at radius 2 is 2.26 bits per heavy atom. The number of carbonyl (C=O) groups excluding carboxylic acids is 1. The molecule has 0 unspecified atom stereocenters. The van der Waals surface area contributed by atoms with Gasteiger partial charge >= 0.3 is 0 Å². The van der Waals surface area contributed by atoms with Crippen LogP contribution in [-0.2, 0) is 9.53 Å². The fourth-order valence-corrected chi connectivity index (χ4v) is 3.26. The summed E-state index contributed by atoms with van der Waals surface area (Å²) < 4.78 is 12.3. The van der Waals surface area contributed by atoms with E-state index in [0.29, 0.717) is 18.2 Å². The normalized spacial score (nSPS) is 14.3. The van der Waals surface area contributed by atoms with Crippen LogP contribution in [0.3, 0.4) is 0 Å². The lowest BCUT2D eigenvalue weighted by atomic mass is 10.1. The summed E-state index contributed by atoms with van der Waals surface area (Å²) in [7, 11) is 0. The van der Waals surface area contributed by atoms with E-state index in [-0.39, 0.29) is 5.88 Å². The highest BCUT2D eigenvalue weighted by atomic mass is 32.1. The molecule has 3 heterocycles. The van der Waals surface area contributed by atoms with Crippen LogP contribution in [0.4, 0.5) is 0 Å². The van der Waals surface area contributed by atoms with Gasteiger partial charge in [-0.25, -0.2) is 4.68 Å². The van der Waals surface area contributed by atoms with Crippen molar-refractivity contribution in [3.63, 3.8) is 0 Å². The first-order valence-electron chi connectivity index (χ1n) is 7.24. The number of benzene rings is 1. The molecule has 0 radical (unpaired) electrons. The molecule has 1 aromatic carbocycles. The third kappa shape index (κ3) is 2.49. The molecule has 0 amide bonds. The number of aromatic nitrogens is 3. The van der Waals surface area contributed by atoms with Gasteiger partial charge in [0.15, 0.2) is 0 Å². The molecule has 0 fully saturated rings. The highest BCUT2D eigenvalue weighted by molar-refractivity contribution is 7.12. The van der Waals surface area contributed by atoms with Gasteiger partial charge in [-0.3, -0.25) is 4.79 Å². The van der Waals surface area contributed by atoms with Crippen molar-refractivity contribution in [1.82, 2.24) is 14.8 Å². The lowest BCUT2D eigenvalue weighted by Crippen LogP contribution is -2.02. The number of carbonyl (C=O) groups is 1. The predicted octanol–water partition coefficient (Wildman–Crippen LogP) is 3.17. The minimum atomic E-state index is 0.272. The van der Waals surface area contributed by atoms with Crippen LogP contribution in [0.25, 0.3) is 21.8 Å². The molecule has 23 heavy (non-hydrogen) atoms. The first kappa shape index (κ1) is 14.0. The van der Waals surface area contributed by atoms with E-state index >= 15 is 0 Å². The van der Waals surface area contributed by atoms with Crippen LogP contribution in [-0.4, -0.2) is 27.8 Å². The Hall–Kier alpha value is -2.67. The molecule has 6 nitrogen and oxygen atoms in total. The molecule has 7 heteroatoms. The third-order valence-electron chi connectivity index (χ3n) is 3.58. The summed E-state index contributed by atoms with van der Waals surface area (Å²) in [6, 6.07) is 7.93. The maximum absolute atomic E-state index is 10.4. The molecule has 0 atom stereocenters. The van der Waals surface area contributed by atoms with E-state index in [0.717, 1.165) is 35.2 Å². The summed E-state index contributed by atoms with van der Waals surface area (Å²) in [4.78, 5) is 14.7. The van der Waals surface area contributed by atoms with Gasteiger partial charge < -0.3 is 9.47 Å². The van der Waals surface area contributed by atoms with Crippen LogP contribution in [0.1, 0.15) is 18.5 Å². The number of fused-ring (bicyclic) bond motifs is 1. The van der Waals surface area contributed by atoms with E-state index < -0.39 is 0 Å². The Bertz CT molecular complexity index is 897. The Labute approximate surface area is 136 Å². The van der Waals surface area contributed by atoms with Crippen LogP contribution in [0.5, 0.6) is 5.88 Å². The Morgan fingerprint density at radius 1 is 1.35 bits per heavy atom. The maximum Gasteiger partial charge on any atom is 0.299 e. The van der Waals surface area contributed by atoms with Gasteiger partial charge in [0.25, 0.3) is 6.47 Å². The fraction of sp³-hybridized carbons (Fsp3) is 0.188. The minimum absolute atomic E-state index is 0.272. The minimum Gasteiger partial charge on any atom is -0.492 e. The van der Waals surface area contributed by atoms with Crippen LogP contribution < -0.4 is 4.74 Å². The lowest BCUT2D eigenvalue weighted by Gasteiger charge is -2.12. The van der Waals surface area contributed by atoms with Crippen molar-refractivity contribution in [2.75, 3.05) is 6.61 Å². The number of nitrogens with zero attached hydrogens (tertiary/aromatic N) is 3. The molecule has 4 rings (SSSR count). The molecule has 0 N–H and O–H groups in total. The second kappa shape index (κ2) is 5.85. The number of hydrogen-bond donors (Lipinski definition) is 0. The van der Waals surface area contributed by atoms with E-state index in [9.17, 15) is 4.79 Å². The van der Waals surface area contributed by atoms with Gasteiger partial charge in [0.05, 0.1) is 17.5 Å². The van der Waals surface area contributed by atoms with Crippen molar-refractivity contribution in [3.05, 3.63) is 41.4 Å². The van der Waals surface area contributed by atoms with Gasteiger partial charge in [-0.15, -0.1) is 0 Å². The zero-order chi connectivity index (χ0) is 15.6. The zero-order valence-corrected chi connectivity index (χ0v) is 13.0. The van der Waals surface area contributed by atoms with E-state index in [1.165, 1.54) is 11.3 Å². The summed E-state index contributed by atoms with van der Waals surface area (Å²) in [5, 5.41) is 8.01. The molecule has 0 aliphatic carbocycles. The summed E-state index contributed by atoms with van der Waals surface area (Å²) in [6.45, 7) is 1.08. The van der Waals surface area contributed by atoms with Crippen LogP contribution in [0, 0.1) is 0 Å². The van der Waals surface area contributed by atoms with Gasteiger partial charge in [0.1, 0.15) is 11.5 Å². The maximum atomic E-state index is 10.4. The number of para-hydroxylation sites is 1. The summed E-state index contributed by atoms with van der Waals surface area (Å²) in [5.41, 5.74) is 1.75. The number of hydrogen-bond acceptors (Lipinski definition) is 6. The standard InChI is InChI=1S/C16H13N3O3S/c20-10-22-14-9-23-16(17-14)19-12-6-2-1-5-11(12)15(18-19)13-7-3-4-8-21-13/h1-2,5-7,9-10H,3-4,8H2. The van der Waals surface area contributed by atoms with Crippen LogP contribution in [0.15, 0.2) is 35.7 Å². The first-order chi connectivity index (χ1) is 11.4. The van der Waals surface area contributed by atoms with Gasteiger partial charge in [0.2, 0.25) is 11.0 Å². The summed E-state index contributed by atoms with van der Waals surface area (Å²) in [6.07, 6.45) is 4.09. The average molecular weight is 327 g/mol. The molecular formula is C16H13N3O3S.